The van der Waals surface area contributed by atoms with Crippen molar-refractivity contribution in [1.82, 2.24) is 0 Å². The van der Waals surface area contributed by atoms with Gasteiger partial charge in [-0.1, -0.05) is 48.0 Å². The first-order valence-electron chi connectivity index (χ1n) is 12.3. The molecule has 0 N–H and O–H groups in total. The molecule has 1 aliphatic carbocycles. The third kappa shape index (κ3) is 5.52. The maximum absolute atomic E-state index is 13.5. The number of ether oxygens (including phenoxy) is 2. The Hall–Kier alpha value is -5.22. The minimum atomic E-state index is -5.11. The summed E-state index contributed by atoms with van der Waals surface area (Å²) in [6, 6.07) is 20.1. The van der Waals surface area contributed by atoms with Crippen molar-refractivity contribution in [3.05, 3.63) is 112 Å². The largest absolute Gasteiger partial charge is 0.573 e. The van der Waals surface area contributed by atoms with E-state index < -0.39 is 24.2 Å². The number of halogens is 6. The van der Waals surface area contributed by atoms with Crippen LogP contribution in [-0.2, 0) is 0 Å². The van der Waals surface area contributed by atoms with Gasteiger partial charge in [-0.2, -0.15) is 0 Å². The molecule has 0 bridgehead atoms. The molecule has 0 fully saturated rings. The first kappa shape index (κ1) is 28.3. The lowest BCUT2D eigenvalue weighted by molar-refractivity contribution is -0.275. The van der Waals surface area contributed by atoms with Crippen LogP contribution in [0.4, 0.5) is 26.3 Å². The average molecular weight is 576 g/mol. The van der Waals surface area contributed by atoms with Crippen LogP contribution in [0.2, 0.25) is 0 Å². The number of hydrogen-bond donors (Lipinski definition) is 0. The highest BCUT2D eigenvalue weighted by Gasteiger charge is 2.36. The SMILES string of the molecule is [C-]#[N+]/C(C#N)=C1\c2cc(C)c(-c3ccc(C)cc3)cc2-c2cc(-c3ccc(OC(F)(F)F)cc3)c(OC(F)(F)F)cc21. The van der Waals surface area contributed by atoms with Gasteiger partial charge in [0, 0.05) is 11.1 Å². The fourth-order valence-corrected chi connectivity index (χ4v) is 5.00. The van der Waals surface area contributed by atoms with E-state index in [4.69, 9.17) is 6.57 Å². The fourth-order valence-electron chi connectivity index (χ4n) is 5.00. The third-order valence-corrected chi connectivity index (χ3v) is 6.75. The van der Waals surface area contributed by atoms with Gasteiger partial charge in [0.05, 0.1) is 12.6 Å². The number of allylic oxidation sites excluding steroid dienone is 1. The van der Waals surface area contributed by atoms with Crippen molar-refractivity contribution >= 4 is 5.57 Å². The highest BCUT2D eigenvalue weighted by molar-refractivity contribution is 6.06. The van der Waals surface area contributed by atoms with Crippen LogP contribution in [0.15, 0.2) is 78.5 Å². The van der Waals surface area contributed by atoms with E-state index >= 15 is 0 Å². The monoisotopic (exact) mass is 576 g/mol. The Labute approximate surface area is 236 Å². The van der Waals surface area contributed by atoms with Crippen LogP contribution < -0.4 is 9.47 Å². The highest BCUT2D eigenvalue weighted by atomic mass is 19.4. The van der Waals surface area contributed by atoms with E-state index in [2.05, 4.69) is 14.3 Å². The molecule has 0 saturated carbocycles. The van der Waals surface area contributed by atoms with Gasteiger partial charge in [0.1, 0.15) is 11.5 Å². The van der Waals surface area contributed by atoms with Crippen molar-refractivity contribution in [3.63, 3.8) is 0 Å². The Balaban J connectivity index is 1.78. The maximum atomic E-state index is 13.5. The van der Waals surface area contributed by atoms with Crippen LogP contribution in [-0.4, -0.2) is 12.7 Å². The first-order chi connectivity index (χ1) is 19.8. The molecule has 4 aromatic rings. The Morgan fingerprint density at radius 2 is 1.21 bits per heavy atom. The number of nitriles is 1. The predicted molar refractivity (Wildman–Crippen MR) is 144 cm³/mol. The minimum Gasteiger partial charge on any atom is -0.406 e. The van der Waals surface area contributed by atoms with Gasteiger partial charge < -0.3 is 9.47 Å². The molecule has 0 aromatic heterocycles. The zero-order valence-electron chi connectivity index (χ0n) is 21.9. The Bertz CT molecular complexity index is 1810. The number of aryl methyl sites for hydroxylation is 2. The molecule has 1 aliphatic rings. The molecule has 210 valence electrons. The van der Waals surface area contributed by atoms with Gasteiger partial charge in [0.25, 0.3) is 5.70 Å². The normalized spacial score (nSPS) is 13.5. The molecular weight excluding hydrogens is 558 g/mol. The topological polar surface area (TPSA) is 46.6 Å². The lowest BCUT2D eigenvalue weighted by atomic mass is 9.92. The summed E-state index contributed by atoms with van der Waals surface area (Å²) >= 11 is 0. The zero-order valence-corrected chi connectivity index (χ0v) is 21.9. The number of alkyl halides is 6. The van der Waals surface area contributed by atoms with Crippen molar-refractivity contribution < 1.29 is 35.8 Å². The zero-order chi connectivity index (χ0) is 30.4. The van der Waals surface area contributed by atoms with E-state index in [-0.39, 0.29) is 28.0 Å². The molecule has 4 nitrogen and oxygen atoms in total. The fraction of sp³-hybridized carbons (Fsp3) is 0.125. The van der Waals surface area contributed by atoms with Crippen molar-refractivity contribution in [3.8, 4) is 50.9 Å². The summed E-state index contributed by atoms with van der Waals surface area (Å²) in [6.45, 7) is 11.4. The summed E-state index contributed by atoms with van der Waals surface area (Å²) in [5.41, 5.74) is 5.23. The van der Waals surface area contributed by atoms with E-state index in [0.717, 1.165) is 40.5 Å². The van der Waals surface area contributed by atoms with E-state index in [9.17, 15) is 31.6 Å². The second-order valence-corrected chi connectivity index (χ2v) is 9.54. The van der Waals surface area contributed by atoms with Gasteiger partial charge in [-0.15, -0.1) is 26.3 Å². The Kier molecular flexibility index (Phi) is 6.95. The van der Waals surface area contributed by atoms with Gasteiger partial charge in [0.15, 0.2) is 0 Å². The second kappa shape index (κ2) is 10.3. The molecule has 42 heavy (non-hydrogen) atoms. The number of rotatable bonds is 4. The Morgan fingerprint density at radius 3 is 1.76 bits per heavy atom. The van der Waals surface area contributed by atoms with Gasteiger partial charge in [-0.3, -0.25) is 0 Å². The third-order valence-electron chi connectivity index (χ3n) is 6.75. The van der Waals surface area contributed by atoms with Crippen LogP contribution >= 0.6 is 0 Å². The van der Waals surface area contributed by atoms with Crippen molar-refractivity contribution in [2.75, 3.05) is 0 Å². The van der Waals surface area contributed by atoms with Crippen LogP contribution in [0.1, 0.15) is 22.3 Å². The van der Waals surface area contributed by atoms with E-state index in [1.165, 1.54) is 18.2 Å². The van der Waals surface area contributed by atoms with Gasteiger partial charge in [-0.25, -0.2) is 10.1 Å². The van der Waals surface area contributed by atoms with Gasteiger partial charge in [-0.05, 0) is 88.7 Å². The standard InChI is InChI=1S/C32H18F6N2O2/c1-17-4-6-19(7-5-17)22-13-24-25-14-23(20-8-10-21(11-9-20)41-31(33,34)35)29(42-32(36,37)38)15-27(25)30(28(16-39)40-3)26(24)12-18(22)2/h4-15H,1-2H3/b30-28+. The summed E-state index contributed by atoms with van der Waals surface area (Å²) in [5.74, 6) is -1.19. The molecule has 0 aliphatic heterocycles. The summed E-state index contributed by atoms with van der Waals surface area (Å²) in [5, 5.41) is 9.74. The number of hydrogen-bond acceptors (Lipinski definition) is 3. The second-order valence-electron chi connectivity index (χ2n) is 9.54. The predicted octanol–water partition coefficient (Wildman–Crippen LogP) is 9.62. The number of benzene rings is 4. The molecule has 4 aromatic carbocycles. The lowest BCUT2D eigenvalue weighted by Gasteiger charge is -2.17. The van der Waals surface area contributed by atoms with E-state index in [1.807, 2.05) is 50.2 Å². The van der Waals surface area contributed by atoms with Crippen molar-refractivity contribution in [2.24, 2.45) is 0 Å². The van der Waals surface area contributed by atoms with Crippen LogP contribution in [0.3, 0.4) is 0 Å². The van der Waals surface area contributed by atoms with Gasteiger partial charge in [0.2, 0.25) is 0 Å². The first-order valence-corrected chi connectivity index (χ1v) is 12.3. The molecule has 0 radical (unpaired) electrons. The molecule has 0 heterocycles. The molecular formula is C32H18F6N2O2. The number of nitrogens with zero attached hydrogens (tertiary/aromatic N) is 2. The summed E-state index contributed by atoms with van der Waals surface area (Å²) in [4.78, 5) is 3.33. The molecule has 0 amide bonds. The maximum Gasteiger partial charge on any atom is 0.573 e. The van der Waals surface area contributed by atoms with Crippen LogP contribution in [0.5, 0.6) is 11.5 Å². The molecule has 10 heteroatoms. The molecule has 0 spiro atoms. The van der Waals surface area contributed by atoms with Crippen molar-refractivity contribution in [1.29, 1.82) is 5.26 Å². The molecule has 0 unspecified atom stereocenters. The molecule has 0 atom stereocenters. The lowest BCUT2D eigenvalue weighted by Crippen LogP contribution is -2.18. The summed E-state index contributed by atoms with van der Waals surface area (Å²) in [7, 11) is 0. The van der Waals surface area contributed by atoms with Crippen LogP contribution in [0, 0.1) is 31.8 Å². The minimum absolute atomic E-state index is 0.0596. The number of fused-ring (bicyclic) bond motifs is 3. The summed E-state index contributed by atoms with van der Waals surface area (Å²) < 4.78 is 86.8. The van der Waals surface area contributed by atoms with Gasteiger partial charge >= 0.3 is 12.7 Å². The summed E-state index contributed by atoms with van der Waals surface area (Å²) in [6.07, 6.45) is -10.1. The van der Waals surface area contributed by atoms with Crippen LogP contribution in [0.25, 0.3) is 43.8 Å². The molecule has 5 rings (SSSR count). The highest BCUT2D eigenvalue weighted by Crippen LogP contribution is 2.52. The van der Waals surface area contributed by atoms with Crippen molar-refractivity contribution in [2.45, 2.75) is 26.6 Å². The molecule has 0 saturated heterocycles. The van der Waals surface area contributed by atoms with E-state index in [0.29, 0.717) is 16.7 Å². The Morgan fingerprint density at radius 1 is 0.690 bits per heavy atom. The quantitative estimate of drug-likeness (QED) is 0.122. The average Bonchev–Trinajstić information content (AvgIpc) is 3.20. The van der Waals surface area contributed by atoms with E-state index in [1.54, 1.807) is 6.07 Å². The smallest absolute Gasteiger partial charge is 0.406 e.